The lowest BCUT2D eigenvalue weighted by Gasteiger charge is -2.17. The average molecular weight is 464 g/mol. The molecule has 160 valence electrons. The van der Waals surface area contributed by atoms with Crippen molar-refractivity contribution in [2.24, 2.45) is 0 Å². The maximum atomic E-state index is 13.1. The minimum atomic E-state index is -3.84. The zero-order valence-electron chi connectivity index (χ0n) is 16.9. The molecule has 0 saturated carbocycles. The van der Waals surface area contributed by atoms with Crippen LogP contribution in [0.4, 0.5) is 10.8 Å². The van der Waals surface area contributed by atoms with E-state index in [-0.39, 0.29) is 15.8 Å². The van der Waals surface area contributed by atoms with Gasteiger partial charge < -0.3 is 5.32 Å². The number of rotatable bonds is 5. The van der Waals surface area contributed by atoms with Crippen LogP contribution in [0, 0.1) is 0 Å². The van der Waals surface area contributed by atoms with Crippen molar-refractivity contribution in [1.29, 1.82) is 0 Å². The van der Waals surface area contributed by atoms with Gasteiger partial charge in [-0.3, -0.25) is 13.9 Å². The van der Waals surface area contributed by atoms with E-state index in [2.05, 4.69) is 10.3 Å². The number of nitrogens with zero attached hydrogens (tertiary/aromatic N) is 2. The maximum absolute atomic E-state index is 13.1. The Kier molecular flexibility index (Phi) is 4.79. The number of anilines is 2. The number of nitrogens with one attached hydrogen (secondary N) is 1. The van der Waals surface area contributed by atoms with Gasteiger partial charge in [-0.2, -0.15) is 0 Å². The number of hydrogen-bond acceptors (Lipinski definition) is 6. The third-order valence-corrected chi connectivity index (χ3v) is 8.08. The van der Waals surface area contributed by atoms with Crippen LogP contribution in [-0.4, -0.2) is 31.6 Å². The molecule has 7 nitrogen and oxygen atoms in total. The molecule has 0 saturated heterocycles. The summed E-state index contributed by atoms with van der Waals surface area (Å²) in [7, 11) is -3.84. The lowest BCUT2D eigenvalue weighted by molar-refractivity contribution is -0.114. The van der Waals surface area contributed by atoms with Crippen molar-refractivity contribution in [1.82, 2.24) is 4.98 Å². The van der Waals surface area contributed by atoms with E-state index in [1.54, 1.807) is 24.3 Å². The second kappa shape index (κ2) is 7.54. The summed E-state index contributed by atoms with van der Waals surface area (Å²) in [5.74, 6) is -0.701. The quantitative estimate of drug-likeness (QED) is 0.445. The molecule has 2 heterocycles. The zero-order chi connectivity index (χ0) is 22.5. The summed E-state index contributed by atoms with van der Waals surface area (Å²) in [6.45, 7) is 1.05. The van der Waals surface area contributed by atoms with Gasteiger partial charge in [0, 0.05) is 17.9 Å². The molecule has 0 bridgehead atoms. The van der Waals surface area contributed by atoms with E-state index >= 15 is 0 Å². The summed E-state index contributed by atoms with van der Waals surface area (Å²) in [6.07, 6.45) is 0. The molecule has 4 aromatic rings. The number of aromatic nitrogens is 1. The normalized spacial score (nSPS) is 14.0. The van der Waals surface area contributed by atoms with Gasteiger partial charge in [-0.25, -0.2) is 13.4 Å². The van der Waals surface area contributed by atoms with Gasteiger partial charge in [-0.1, -0.05) is 65.9 Å². The number of thiazole rings is 1. The van der Waals surface area contributed by atoms with Crippen molar-refractivity contribution < 1.29 is 18.0 Å². The van der Waals surface area contributed by atoms with Gasteiger partial charge in [0.05, 0.1) is 21.2 Å². The Labute approximate surface area is 188 Å². The van der Waals surface area contributed by atoms with Crippen LogP contribution >= 0.6 is 11.3 Å². The molecule has 9 heteroatoms. The molecule has 1 N–H and O–H groups in total. The molecule has 1 aliphatic rings. The van der Waals surface area contributed by atoms with E-state index in [1.165, 1.54) is 6.92 Å². The topological polar surface area (TPSA) is 96.4 Å². The molecule has 32 heavy (non-hydrogen) atoms. The third kappa shape index (κ3) is 3.26. The zero-order valence-corrected chi connectivity index (χ0v) is 18.5. The molecule has 0 radical (unpaired) electrons. The molecule has 0 aliphatic carbocycles. The highest BCUT2D eigenvalue weighted by Gasteiger charge is 2.36. The SMILES string of the molecule is CC(=O)c1sc(NC(=O)CN2c3cccc4cccc(c34)S2(=O)=O)nc1-c1ccccc1. The molecular formula is C23H17N3O4S2. The van der Waals surface area contributed by atoms with Crippen LogP contribution in [0.15, 0.2) is 71.6 Å². The molecule has 1 aliphatic heterocycles. The van der Waals surface area contributed by atoms with Crippen LogP contribution < -0.4 is 9.62 Å². The minimum Gasteiger partial charge on any atom is -0.300 e. The summed E-state index contributed by atoms with van der Waals surface area (Å²) in [5.41, 5.74) is 1.73. The molecular weight excluding hydrogens is 446 g/mol. The number of carbonyl (C=O) groups is 2. The standard InChI is InChI=1S/C23H17N3O4S2/c1-14(27)22-21(16-7-3-2-4-8-16)25-23(31-22)24-19(28)13-26-17-11-5-9-15-10-6-12-18(20(15)17)32(26,29)30/h2-12H,13H2,1H3,(H,24,25,28). The summed E-state index contributed by atoms with van der Waals surface area (Å²) in [5, 5.41) is 4.31. The molecule has 3 aromatic carbocycles. The summed E-state index contributed by atoms with van der Waals surface area (Å²) >= 11 is 1.07. The summed E-state index contributed by atoms with van der Waals surface area (Å²) in [6, 6.07) is 19.6. The minimum absolute atomic E-state index is 0.161. The van der Waals surface area contributed by atoms with Crippen molar-refractivity contribution in [2.75, 3.05) is 16.2 Å². The highest BCUT2D eigenvalue weighted by Crippen LogP contribution is 2.41. The van der Waals surface area contributed by atoms with Crippen LogP contribution in [0.1, 0.15) is 16.6 Å². The highest BCUT2D eigenvalue weighted by atomic mass is 32.2. The van der Waals surface area contributed by atoms with Crippen molar-refractivity contribution in [3.63, 3.8) is 0 Å². The van der Waals surface area contributed by atoms with Gasteiger partial charge in [-0.15, -0.1) is 0 Å². The van der Waals surface area contributed by atoms with E-state index < -0.39 is 22.5 Å². The van der Waals surface area contributed by atoms with Crippen molar-refractivity contribution >= 4 is 54.6 Å². The van der Waals surface area contributed by atoms with E-state index in [0.29, 0.717) is 21.6 Å². The Balaban J connectivity index is 1.44. The van der Waals surface area contributed by atoms with E-state index in [1.807, 2.05) is 42.5 Å². The molecule has 1 aromatic heterocycles. The third-order valence-electron chi connectivity index (χ3n) is 5.21. The first-order valence-corrected chi connectivity index (χ1v) is 12.0. The monoisotopic (exact) mass is 463 g/mol. The van der Waals surface area contributed by atoms with E-state index in [4.69, 9.17) is 0 Å². The van der Waals surface area contributed by atoms with Gasteiger partial charge in [0.25, 0.3) is 10.0 Å². The molecule has 0 fully saturated rings. The summed E-state index contributed by atoms with van der Waals surface area (Å²) in [4.78, 5) is 30.0. The number of amides is 1. The highest BCUT2D eigenvalue weighted by molar-refractivity contribution is 7.93. The van der Waals surface area contributed by atoms with E-state index in [0.717, 1.165) is 26.6 Å². The van der Waals surface area contributed by atoms with Gasteiger partial charge in [-0.05, 0) is 17.5 Å². The largest absolute Gasteiger partial charge is 0.300 e. The number of ketones is 1. The van der Waals surface area contributed by atoms with Crippen molar-refractivity contribution in [3.8, 4) is 11.3 Å². The Morgan fingerprint density at radius 2 is 1.72 bits per heavy atom. The first kappa shape index (κ1) is 20.3. The molecule has 0 atom stereocenters. The second-order valence-electron chi connectivity index (χ2n) is 7.31. The molecule has 5 rings (SSSR count). The number of carbonyl (C=O) groups excluding carboxylic acids is 2. The van der Waals surface area contributed by atoms with Crippen LogP contribution in [0.25, 0.3) is 22.0 Å². The van der Waals surface area contributed by atoms with Crippen molar-refractivity contribution in [3.05, 3.63) is 71.6 Å². The molecule has 0 unspecified atom stereocenters. The average Bonchev–Trinajstić information content (AvgIpc) is 3.29. The van der Waals surface area contributed by atoms with Crippen LogP contribution in [0.5, 0.6) is 0 Å². The lowest BCUT2D eigenvalue weighted by atomic mass is 10.1. The van der Waals surface area contributed by atoms with Gasteiger partial charge in [0.15, 0.2) is 10.9 Å². The first-order valence-electron chi connectivity index (χ1n) is 9.78. The van der Waals surface area contributed by atoms with Crippen LogP contribution in [0.2, 0.25) is 0 Å². The van der Waals surface area contributed by atoms with Crippen LogP contribution in [-0.2, 0) is 14.8 Å². The fraction of sp³-hybridized carbons (Fsp3) is 0.0870. The first-order chi connectivity index (χ1) is 15.4. The smallest absolute Gasteiger partial charge is 0.265 e. The molecule has 0 spiro atoms. The lowest BCUT2D eigenvalue weighted by Crippen LogP contribution is -2.35. The Morgan fingerprint density at radius 3 is 2.44 bits per heavy atom. The predicted octanol–water partition coefficient (Wildman–Crippen LogP) is 4.31. The Hall–Kier alpha value is -3.56. The van der Waals surface area contributed by atoms with Crippen LogP contribution in [0.3, 0.4) is 0 Å². The van der Waals surface area contributed by atoms with E-state index in [9.17, 15) is 18.0 Å². The number of sulfonamides is 1. The molecule has 1 amide bonds. The number of Topliss-reactive ketones (excluding diaryl/α,β-unsaturated/α-hetero) is 1. The fourth-order valence-electron chi connectivity index (χ4n) is 3.82. The van der Waals surface area contributed by atoms with Gasteiger partial charge >= 0.3 is 0 Å². The Bertz CT molecular complexity index is 1490. The maximum Gasteiger partial charge on any atom is 0.265 e. The summed E-state index contributed by atoms with van der Waals surface area (Å²) < 4.78 is 27.3. The Morgan fingerprint density at radius 1 is 1.00 bits per heavy atom. The number of benzene rings is 3. The second-order valence-corrected chi connectivity index (χ2v) is 10.1. The van der Waals surface area contributed by atoms with Crippen molar-refractivity contribution in [2.45, 2.75) is 11.8 Å². The van der Waals surface area contributed by atoms with Gasteiger partial charge in [0.2, 0.25) is 5.91 Å². The predicted molar refractivity (Wildman–Crippen MR) is 125 cm³/mol. The number of hydrogen-bond donors (Lipinski definition) is 1. The fourth-order valence-corrected chi connectivity index (χ4v) is 6.39. The van der Waals surface area contributed by atoms with Gasteiger partial charge in [0.1, 0.15) is 6.54 Å².